The highest BCUT2D eigenvalue weighted by Crippen LogP contribution is 2.19. The smallest absolute Gasteiger partial charge is 0.241 e. The van der Waals surface area contributed by atoms with Crippen molar-refractivity contribution in [2.24, 2.45) is 0 Å². The zero-order valence-corrected chi connectivity index (χ0v) is 16.6. The van der Waals surface area contributed by atoms with Crippen LogP contribution in [0.4, 0.5) is 0 Å². The number of rotatable bonds is 7. The number of nitrogens with zero attached hydrogens (tertiary/aromatic N) is 1. The van der Waals surface area contributed by atoms with E-state index in [1.54, 1.807) is 11.8 Å². The van der Waals surface area contributed by atoms with Gasteiger partial charge in [0.1, 0.15) is 0 Å². The van der Waals surface area contributed by atoms with Gasteiger partial charge >= 0.3 is 0 Å². The largest absolute Gasteiger partial charge is 0.335 e. The Hall–Kier alpha value is -1.89. The van der Waals surface area contributed by atoms with Crippen LogP contribution < -0.4 is 4.72 Å². The molecule has 0 aliphatic carbocycles. The lowest BCUT2D eigenvalue weighted by molar-refractivity contribution is -0.132. The Kier molecular flexibility index (Phi) is 6.81. The van der Waals surface area contributed by atoms with Crippen LogP contribution in [0.2, 0.25) is 5.02 Å². The van der Waals surface area contributed by atoms with Crippen LogP contribution >= 0.6 is 11.6 Å². The molecule has 0 atom stereocenters. The van der Waals surface area contributed by atoms with E-state index < -0.39 is 10.0 Å². The van der Waals surface area contributed by atoms with Gasteiger partial charge < -0.3 is 4.90 Å². The van der Waals surface area contributed by atoms with Crippen LogP contribution in [0.1, 0.15) is 25.0 Å². The molecule has 0 bridgehead atoms. The SMILES string of the molecule is Cc1cc(S(=O)(=O)NCC(=O)N(Cc2ccccc2)C(C)C)ccc1Cl. The number of hydrogen-bond acceptors (Lipinski definition) is 3. The summed E-state index contributed by atoms with van der Waals surface area (Å²) in [5.74, 6) is -0.280. The maximum absolute atomic E-state index is 12.6. The molecule has 5 nitrogen and oxygen atoms in total. The van der Waals surface area contributed by atoms with E-state index in [1.165, 1.54) is 18.2 Å². The molecular weight excluding hydrogens is 372 g/mol. The van der Waals surface area contributed by atoms with Crippen molar-refractivity contribution in [3.05, 3.63) is 64.7 Å². The van der Waals surface area contributed by atoms with Crippen molar-refractivity contribution in [2.75, 3.05) is 6.54 Å². The third kappa shape index (κ3) is 5.30. The summed E-state index contributed by atoms with van der Waals surface area (Å²) in [6, 6.07) is 14.0. The minimum atomic E-state index is -3.78. The summed E-state index contributed by atoms with van der Waals surface area (Å²) in [7, 11) is -3.78. The molecule has 0 aliphatic heterocycles. The van der Waals surface area contributed by atoms with Crippen molar-refractivity contribution in [3.8, 4) is 0 Å². The molecule has 0 heterocycles. The van der Waals surface area contributed by atoms with Crippen LogP contribution in [-0.4, -0.2) is 31.8 Å². The van der Waals surface area contributed by atoms with Gasteiger partial charge in [0.15, 0.2) is 0 Å². The summed E-state index contributed by atoms with van der Waals surface area (Å²) in [5.41, 5.74) is 1.65. The highest BCUT2D eigenvalue weighted by molar-refractivity contribution is 7.89. The average Bonchev–Trinajstić information content (AvgIpc) is 2.60. The first kappa shape index (κ1) is 20.4. The van der Waals surface area contributed by atoms with Gasteiger partial charge in [0.25, 0.3) is 0 Å². The Balaban J connectivity index is 2.07. The van der Waals surface area contributed by atoms with E-state index in [1.807, 2.05) is 44.2 Å². The predicted molar refractivity (Wildman–Crippen MR) is 104 cm³/mol. The van der Waals surface area contributed by atoms with Crippen LogP contribution in [-0.2, 0) is 21.4 Å². The molecule has 1 N–H and O–H groups in total. The van der Waals surface area contributed by atoms with E-state index in [0.717, 1.165) is 5.56 Å². The number of halogens is 1. The van der Waals surface area contributed by atoms with Gasteiger partial charge in [-0.2, -0.15) is 0 Å². The number of hydrogen-bond donors (Lipinski definition) is 1. The Labute approximate surface area is 160 Å². The number of carbonyl (C=O) groups excluding carboxylic acids is 1. The van der Waals surface area contributed by atoms with Crippen molar-refractivity contribution in [3.63, 3.8) is 0 Å². The number of nitrogens with one attached hydrogen (secondary N) is 1. The van der Waals surface area contributed by atoms with Crippen LogP contribution in [0, 0.1) is 6.92 Å². The molecule has 26 heavy (non-hydrogen) atoms. The van der Waals surface area contributed by atoms with Crippen molar-refractivity contribution in [2.45, 2.75) is 38.3 Å². The minimum absolute atomic E-state index is 0.0509. The van der Waals surface area contributed by atoms with E-state index in [0.29, 0.717) is 17.1 Å². The first-order valence-electron chi connectivity index (χ1n) is 8.30. The number of carbonyl (C=O) groups is 1. The number of sulfonamides is 1. The second-order valence-corrected chi connectivity index (χ2v) is 8.51. The zero-order chi connectivity index (χ0) is 19.3. The van der Waals surface area contributed by atoms with Gasteiger partial charge in [-0.1, -0.05) is 41.9 Å². The second kappa shape index (κ2) is 8.66. The van der Waals surface area contributed by atoms with Gasteiger partial charge in [0.05, 0.1) is 11.4 Å². The Morgan fingerprint density at radius 2 is 1.81 bits per heavy atom. The predicted octanol–water partition coefficient (Wildman–Crippen LogP) is 3.36. The summed E-state index contributed by atoms with van der Waals surface area (Å²) in [4.78, 5) is 14.3. The fourth-order valence-electron chi connectivity index (χ4n) is 2.46. The van der Waals surface area contributed by atoms with Crippen molar-refractivity contribution in [1.82, 2.24) is 9.62 Å². The highest BCUT2D eigenvalue weighted by Gasteiger charge is 2.21. The fourth-order valence-corrected chi connectivity index (χ4v) is 3.64. The summed E-state index contributed by atoms with van der Waals surface area (Å²) in [5, 5.41) is 0.494. The van der Waals surface area contributed by atoms with Gasteiger partial charge in [-0.15, -0.1) is 0 Å². The summed E-state index contributed by atoms with van der Waals surface area (Å²) in [6.07, 6.45) is 0. The van der Waals surface area contributed by atoms with E-state index in [2.05, 4.69) is 4.72 Å². The molecule has 2 aromatic carbocycles. The molecule has 0 saturated heterocycles. The maximum atomic E-state index is 12.6. The van der Waals surface area contributed by atoms with Gasteiger partial charge in [-0.3, -0.25) is 4.79 Å². The van der Waals surface area contributed by atoms with Gasteiger partial charge in [-0.05, 0) is 50.1 Å². The standard InChI is InChI=1S/C19H23ClN2O3S/c1-14(2)22(13-16-7-5-4-6-8-16)19(23)12-21-26(24,25)17-9-10-18(20)15(3)11-17/h4-11,14,21H,12-13H2,1-3H3. The Bertz CT molecular complexity index is 868. The van der Waals surface area contributed by atoms with Gasteiger partial charge in [0.2, 0.25) is 15.9 Å². The second-order valence-electron chi connectivity index (χ2n) is 6.34. The van der Waals surface area contributed by atoms with Crippen LogP contribution in [0.5, 0.6) is 0 Å². The Morgan fingerprint density at radius 1 is 1.15 bits per heavy atom. The molecule has 1 amide bonds. The zero-order valence-electron chi connectivity index (χ0n) is 15.1. The normalized spacial score (nSPS) is 11.6. The Morgan fingerprint density at radius 3 is 2.38 bits per heavy atom. The summed E-state index contributed by atoms with van der Waals surface area (Å²) in [6.45, 7) is 5.66. The van der Waals surface area contributed by atoms with Crippen molar-refractivity contribution in [1.29, 1.82) is 0 Å². The van der Waals surface area contributed by atoms with E-state index in [-0.39, 0.29) is 23.4 Å². The topological polar surface area (TPSA) is 66.5 Å². The minimum Gasteiger partial charge on any atom is -0.335 e. The molecule has 0 spiro atoms. The van der Waals surface area contributed by atoms with Crippen LogP contribution in [0.3, 0.4) is 0 Å². The molecule has 0 aromatic heterocycles. The molecule has 7 heteroatoms. The number of aryl methyl sites for hydroxylation is 1. The lowest BCUT2D eigenvalue weighted by Gasteiger charge is -2.27. The van der Waals surface area contributed by atoms with Crippen LogP contribution in [0.25, 0.3) is 0 Å². The molecule has 0 aliphatic rings. The monoisotopic (exact) mass is 394 g/mol. The lowest BCUT2D eigenvalue weighted by atomic mass is 10.2. The summed E-state index contributed by atoms with van der Waals surface area (Å²) >= 11 is 5.94. The molecule has 0 radical (unpaired) electrons. The molecule has 0 fully saturated rings. The number of amides is 1. The highest BCUT2D eigenvalue weighted by atomic mass is 35.5. The molecule has 2 aromatic rings. The number of benzene rings is 2. The van der Waals surface area contributed by atoms with E-state index >= 15 is 0 Å². The third-order valence-electron chi connectivity index (χ3n) is 3.99. The quantitative estimate of drug-likeness (QED) is 0.782. The van der Waals surface area contributed by atoms with E-state index in [4.69, 9.17) is 11.6 Å². The molecular formula is C19H23ClN2O3S. The van der Waals surface area contributed by atoms with E-state index in [9.17, 15) is 13.2 Å². The molecule has 0 saturated carbocycles. The van der Waals surface area contributed by atoms with Crippen LogP contribution in [0.15, 0.2) is 53.4 Å². The molecule has 0 unspecified atom stereocenters. The first-order valence-corrected chi connectivity index (χ1v) is 10.2. The molecule has 2 rings (SSSR count). The maximum Gasteiger partial charge on any atom is 0.241 e. The third-order valence-corrected chi connectivity index (χ3v) is 5.82. The molecule has 140 valence electrons. The lowest BCUT2D eigenvalue weighted by Crippen LogP contribution is -2.43. The first-order chi connectivity index (χ1) is 12.2. The fraction of sp³-hybridized carbons (Fsp3) is 0.316. The van der Waals surface area contributed by atoms with Gasteiger partial charge in [0, 0.05) is 17.6 Å². The van der Waals surface area contributed by atoms with Crippen molar-refractivity contribution < 1.29 is 13.2 Å². The van der Waals surface area contributed by atoms with Crippen molar-refractivity contribution >= 4 is 27.5 Å². The summed E-state index contributed by atoms with van der Waals surface area (Å²) < 4.78 is 27.2. The average molecular weight is 395 g/mol. The van der Waals surface area contributed by atoms with Gasteiger partial charge in [-0.25, -0.2) is 13.1 Å².